The highest BCUT2D eigenvalue weighted by molar-refractivity contribution is 7.98. The lowest BCUT2D eigenvalue weighted by Gasteiger charge is -2.24. The maximum Gasteiger partial charge on any atom is 0.420 e. The molecular weight excluding hydrogens is 869 g/mol. The number of nitro benzene ring substituents is 1. The first-order chi connectivity index (χ1) is 31.9. The van der Waals surface area contributed by atoms with E-state index >= 15 is 0 Å². The first kappa shape index (κ1) is 50.1. The molecule has 1 aromatic heterocycles. The van der Waals surface area contributed by atoms with E-state index in [0.717, 1.165) is 37.4 Å². The Kier molecular flexibility index (Phi) is 19.4. The summed E-state index contributed by atoms with van der Waals surface area (Å²) in [6.07, 6.45) is 13.0. The van der Waals surface area contributed by atoms with Gasteiger partial charge in [0.1, 0.15) is 24.5 Å². The van der Waals surface area contributed by atoms with E-state index in [0.29, 0.717) is 34.5 Å². The van der Waals surface area contributed by atoms with Crippen LogP contribution in [0, 0.1) is 10.1 Å². The molecule has 0 atom stereocenters. The summed E-state index contributed by atoms with van der Waals surface area (Å²) in [6, 6.07) is 16.9. The molecule has 18 heteroatoms. The Balaban J connectivity index is 1.35. The molecule has 0 radical (unpaired) electrons. The Bertz CT molecular complexity index is 2510. The Morgan fingerprint density at radius 3 is 2.32 bits per heavy atom. The maximum absolute atomic E-state index is 14.2. The number of ether oxygens (including phenoxy) is 3. The lowest BCUT2D eigenvalue weighted by atomic mass is 10.0. The van der Waals surface area contributed by atoms with Crippen LogP contribution in [0.25, 0.3) is 10.8 Å². The maximum atomic E-state index is 14.2. The molecule has 0 aliphatic heterocycles. The number of amides is 3. The van der Waals surface area contributed by atoms with Crippen LogP contribution in [0.1, 0.15) is 107 Å². The van der Waals surface area contributed by atoms with Gasteiger partial charge in [-0.15, -0.1) is 10.2 Å². The molecule has 4 aromatic carbocycles. The summed E-state index contributed by atoms with van der Waals surface area (Å²) >= 11 is 1.11. The normalized spacial score (nSPS) is 11.1. The Hall–Kier alpha value is -6.95. The third kappa shape index (κ3) is 14.5. The van der Waals surface area contributed by atoms with Gasteiger partial charge < -0.3 is 34.4 Å². The topological polar surface area (TPSA) is 226 Å². The summed E-state index contributed by atoms with van der Waals surface area (Å²) in [7, 11) is 1.43. The Morgan fingerprint density at radius 2 is 1.62 bits per heavy atom. The second kappa shape index (κ2) is 25.5. The van der Waals surface area contributed by atoms with Crippen molar-refractivity contribution >= 4 is 69.2 Å². The van der Waals surface area contributed by atoms with Gasteiger partial charge in [-0.1, -0.05) is 113 Å². The van der Waals surface area contributed by atoms with Gasteiger partial charge in [0, 0.05) is 41.7 Å². The third-order valence-electron chi connectivity index (χ3n) is 10.4. The molecule has 3 N–H and O–H groups in total. The van der Waals surface area contributed by atoms with Crippen molar-refractivity contribution in [2.45, 2.75) is 102 Å². The van der Waals surface area contributed by atoms with Crippen LogP contribution in [-0.4, -0.2) is 64.4 Å². The molecule has 17 nitrogen and oxygen atoms in total. The number of thioether (sulfide) groups is 1. The van der Waals surface area contributed by atoms with Crippen molar-refractivity contribution in [2.24, 2.45) is 0 Å². The number of methoxy groups -OCH3 is 1. The predicted octanol–water partition coefficient (Wildman–Crippen LogP) is 10.9. The molecule has 350 valence electrons. The van der Waals surface area contributed by atoms with E-state index in [1.807, 2.05) is 0 Å². The standard InChI is InChI=1S/C48H56N6O11S/c1-5-7-9-10-11-12-13-14-15-16-26-53(39-19-17-18-36-35(39)22-23-37(45(36)57)46(58)50-38-29-34(49-32(3)55)21-25-41(38)62-4)48(59)64-42-24-20-33(28-40(42)54(60)61)31-66-47-52-51-43(65-47)30-44(56)63-27-8-6-2/h6,8,17-25,28-29,57H,5,7,9-16,26-27,30-31H2,1-4H3,(H,49,55)(H,50,58). The third-order valence-corrected chi connectivity index (χ3v) is 11.3. The van der Waals surface area contributed by atoms with E-state index in [1.54, 1.807) is 61.5 Å². The highest BCUT2D eigenvalue weighted by Gasteiger charge is 2.26. The minimum absolute atomic E-state index is 0.0641. The summed E-state index contributed by atoms with van der Waals surface area (Å²) in [5.74, 6) is -1.54. The fraction of sp³-hybridized carbons (Fsp3) is 0.375. The Labute approximate surface area is 387 Å². The van der Waals surface area contributed by atoms with E-state index in [1.165, 1.54) is 75.3 Å². The molecule has 3 amide bonds. The number of carbonyl (C=O) groups excluding carboxylic acids is 4. The van der Waals surface area contributed by atoms with E-state index in [-0.39, 0.29) is 70.5 Å². The van der Waals surface area contributed by atoms with Gasteiger partial charge >= 0.3 is 17.7 Å². The molecule has 5 aromatic rings. The highest BCUT2D eigenvalue weighted by atomic mass is 32.2. The van der Waals surface area contributed by atoms with Crippen LogP contribution in [0.4, 0.5) is 27.5 Å². The number of unbranched alkanes of at least 4 members (excludes halogenated alkanes) is 9. The molecule has 1 heterocycles. The number of esters is 1. The first-order valence-corrected chi connectivity index (χ1v) is 22.9. The molecule has 0 aliphatic carbocycles. The SMILES string of the molecule is CC=CCOC(=O)Cc1nnc(SCc2ccc(OC(=O)N(CCCCCCCCCCCC)c3cccc4c(O)c(C(=O)Nc5cc(NC(C)=O)ccc5OC)ccc34)c([N+](=O)[O-])c2)o1. The van der Waals surface area contributed by atoms with Crippen molar-refractivity contribution in [1.29, 1.82) is 0 Å². The molecule has 5 rings (SSSR count). The van der Waals surface area contributed by atoms with E-state index in [9.17, 15) is 34.4 Å². The lowest BCUT2D eigenvalue weighted by molar-refractivity contribution is -0.385. The number of phenols is 1. The zero-order chi connectivity index (χ0) is 47.4. The summed E-state index contributed by atoms with van der Waals surface area (Å²) in [6.45, 7) is 5.68. The number of rotatable bonds is 25. The summed E-state index contributed by atoms with van der Waals surface area (Å²) in [5.41, 5.74) is 1.03. The smallest absolute Gasteiger partial charge is 0.420 e. The second-order valence-electron chi connectivity index (χ2n) is 15.3. The molecule has 0 saturated heterocycles. The minimum atomic E-state index is -0.876. The van der Waals surface area contributed by atoms with Gasteiger partial charge in [-0.05, 0) is 55.3 Å². The van der Waals surface area contributed by atoms with Crippen LogP contribution in [0.5, 0.6) is 17.2 Å². The van der Waals surface area contributed by atoms with Crippen LogP contribution in [0.2, 0.25) is 0 Å². The number of phenolic OH excluding ortho intramolecular Hbond substituents is 1. The van der Waals surface area contributed by atoms with Gasteiger partial charge in [-0.25, -0.2) is 4.79 Å². The Morgan fingerprint density at radius 1 is 0.894 bits per heavy atom. The number of nitrogens with zero attached hydrogens (tertiary/aromatic N) is 4. The van der Waals surface area contributed by atoms with Crippen molar-refractivity contribution in [3.63, 3.8) is 0 Å². The average molecular weight is 925 g/mol. The zero-order valence-electron chi connectivity index (χ0n) is 37.6. The molecular formula is C48H56N6O11S. The fourth-order valence-electron chi connectivity index (χ4n) is 7.04. The van der Waals surface area contributed by atoms with Gasteiger partial charge in [-0.3, -0.25) is 29.4 Å². The van der Waals surface area contributed by atoms with Crippen molar-refractivity contribution in [3.8, 4) is 17.2 Å². The van der Waals surface area contributed by atoms with Crippen LogP contribution < -0.4 is 25.0 Å². The lowest BCUT2D eigenvalue weighted by Crippen LogP contribution is -2.34. The number of hydrogen-bond acceptors (Lipinski definition) is 14. The van der Waals surface area contributed by atoms with Gasteiger partial charge in [0.05, 0.1) is 29.0 Å². The number of nitro groups is 1. The second-order valence-corrected chi connectivity index (χ2v) is 16.3. The van der Waals surface area contributed by atoms with E-state index in [4.69, 9.17) is 18.6 Å². The van der Waals surface area contributed by atoms with Crippen LogP contribution in [0.15, 0.2) is 88.5 Å². The van der Waals surface area contributed by atoms with Crippen molar-refractivity contribution in [1.82, 2.24) is 10.2 Å². The number of benzene rings is 4. The number of aromatic hydroxyl groups is 1. The molecule has 0 saturated carbocycles. The molecule has 0 unspecified atom stereocenters. The first-order valence-electron chi connectivity index (χ1n) is 21.9. The number of carbonyl (C=O) groups is 4. The van der Waals surface area contributed by atoms with Gasteiger partial charge in [0.15, 0.2) is 0 Å². The summed E-state index contributed by atoms with van der Waals surface area (Å²) in [5, 5.41) is 38.0. The highest BCUT2D eigenvalue weighted by Crippen LogP contribution is 2.38. The number of hydrogen-bond donors (Lipinski definition) is 3. The quantitative estimate of drug-likeness (QED) is 0.0124. The fourth-order valence-corrected chi connectivity index (χ4v) is 7.77. The van der Waals surface area contributed by atoms with E-state index in [2.05, 4.69) is 27.8 Å². The number of fused-ring (bicyclic) bond motifs is 1. The molecule has 0 fully saturated rings. The van der Waals surface area contributed by atoms with Crippen molar-refractivity contribution < 1.29 is 47.8 Å². The van der Waals surface area contributed by atoms with Crippen LogP contribution >= 0.6 is 11.8 Å². The number of anilines is 3. The predicted molar refractivity (Wildman–Crippen MR) is 253 cm³/mol. The zero-order valence-corrected chi connectivity index (χ0v) is 38.4. The minimum Gasteiger partial charge on any atom is -0.506 e. The monoisotopic (exact) mass is 924 g/mol. The summed E-state index contributed by atoms with van der Waals surface area (Å²) < 4.78 is 21.8. The van der Waals surface area contributed by atoms with Crippen LogP contribution in [0.3, 0.4) is 0 Å². The van der Waals surface area contributed by atoms with Gasteiger partial charge in [-0.2, -0.15) is 0 Å². The number of allylic oxidation sites excluding steroid dienone is 1. The van der Waals surface area contributed by atoms with Crippen molar-refractivity contribution in [2.75, 3.05) is 35.8 Å². The summed E-state index contributed by atoms with van der Waals surface area (Å²) in [4.78, 5) is 64.7. The molecule has 0 bridgehead atoms. The van der Waals surface area contributed by atoms with Gasteiger partial charge in [0.25, 0.3) is 11.1 Å². The molecule has 0 aliphatic rings. The largest absolute Gasteiger partial charge is 0.506 e. The van der Waals surface area contributed by atoms with Crippen LogP contribution in [-0.2, 0) is 26.5 Å². The number of aromatic nitrogens is 2. The van der Waals surface area contributed by atoms with Crippen molar-refractivity contribution in [3.05, 3.63) is 106 Å². The van der Waals surface area contributed by atoms with Gasteiger partial charge in [0.2, 0.25) is 17.5 Å². The average Bonchev–Trinajstić information content (AvgIpc) is 3.74. The molecule has 66 heavy (non-hydrogen) atoms. The van der Waals surface area contributed by atoms with E-state index < -0.39 is 28.6 Å². The molecule has 0 spiro atoms. The number of nitrogens with one attached hydrogen (secondary N) is 2.